The monoisotopic (exact) mass is 388 g/mol. The van der Waals surface area contributed by atoms with Crippen LogP contribution in [0.25, 0.3) is 0 Å². The van der Waals surface area contributed by atoms with E-state index in [2.05, 4.69) is 0 Å². The topological polar surface area (TPSA) is 83.8 Å². The maximum Gasteiger partial charge on any atom is 0.309 e. The van der Waals surface area contributed by atoms with Crippen LogP contribution in [0.4, 0.5) is 0 Å². The number of cyclic esters (lactones) is 1. The Bertz CT molecular complexity index is 804. The van der Waals surface area contributed by atoms with Gasteiger partial charge >= 0.3 is 5.97 Å². The number of ether oxygens (including phenoxy) is 1. The molecule has 27 heavy (non-hydrogen) atoms. The van der Waals surface area contributed by atoms with Crippen LogP contribution in [0.3, 0.4) is 0 Å². The molecule has 1 heterocycles. The van der Waals surface area contributed by atoms with Crippen LogP contribution in [0, 0.1) is 5.92 Å². The van der Waals surface area contributed by atoms with Gasteiger partial charge in [0.15, 0.2) is 7.14 Å². The van der Waals surface area contributed by atoms with Gasteiger partial charge in [0.1, 0.15) is 11.7 Å². The van der Waals surface area contributed by atoms with Crippen molar-refractivity contribution in [2.75, 3.05) is 0 Å². The van der Waals surface area contributed by atoms with E-state index in [0.29, 0.717) is 10.6 Å². The van der Waals surface area contributed by atoms with Crippen molar-refractivity contribution in [1.29, 1.82) is 0 Å². The Morgan fingerprint density at radius 2 is 1.48 bits per heavy atom. The lowest BCUT2D eigenvalue weighted by Gasteiger charge is -2.38. The zero-order valence-electron chi connectivity index (χ0n) is 15.6. The molecular weight excluding hydrogens is 363 g/mol. The molecule has 0 aliphatic carbocycles. The molecular formula is C21H25O5P. The fraction of sp³-hybridized carbons (Fsp3) is 0.381. The first-order valence-corrected chi connectivity index (χ1v) is 10.8. The minimum atomic E-state index is -3.37. The second kappa shape index (κ2) is 7.23. The summed E-state index contributed by atoms with van der Waals surface area (Å²) in [6.07, 6.45) is -2.26. The Balaban J connectivity index is 2.25. The number of aliphatic hydroxyl groups excluding tert-OH is 1. The van der Waals surface area contributed by atoms with Crippen molar-refractivity contribution in [1.82, 2.24) is 0 Å². The fourth-order valence-electron chi connectivity index (χ4n) is 3.70. The predicted molar refractivity (Wildman–Crippen MR) is 105 cm³/mol. The summed E-state index contributed by atoms with van der Waals surface area (Å²) in [5.41, 5.74) is -2.52. The van der Waals surface area contributed by atoms with Gasteiger partial charge in [-0.1, -0.05) is 67.6 Å². The Morgan fingerprint density at radius 3 is 1.89 bits per heavy atom. The van der Waals surface area contributed by atoms with Crippen molar-refractivity contribution in [3.05, 3.63) is 60.7 Å². The highest BCUT2D eigenvalue weighted by atomic mass is 31.2. The Labute approximate surface area is 159 Å². The van der Waals surface area contributed by atoms with Crippen LogP contribution in [0.1, 0.15) is 20.8 Å². The molecule has 0 unspecified atom stereocenters. The average Bonchev–Trinajstić information content (AvgIpc) is 2.98. The molecule has 1 saturated heterocycles. The molecule has 0 saturated carbocycles. The van der Waals surface area contributed by atoms with Crippen molar-refractivity contribution in [2.24, 2.45) is 5.92 Å². The van der Waals surface area contributed by atoms with Crippen LogP contribution in [0.15, 0.2) is 60.7 Å². The van der Waals surface area contributed by atoms with Gasteiger partial charge < -0.3 is 19.5 Å². The molecule has 1 fully saturated rings. The number of esters is 1. The molecule has 0 amide bonds. The zero-order valence-corrected chi connectivity index (χ0v) is 16.5. The minimum absolute atomic E-state index is 0.516. The van der Waals surface area contributed by atoms with Gasteiger partial charge in [-0.3, -0.25) is 4.79 Å². The molecule has 1 aliphatic heterocycles. The molecule has 2 aromatic rings. The molecule has 0 spiro atoms. The summed E-state index contributed by atoms with van der Waals surface area (Å²) in [5.74, 6) is -1.20. The maximum absolute atomic E-state index is 14.6. The molecule has 6 heteroatoms. The Morgan fingerprint density at radius 1 is 1.04 bits per heavy atom. The van der Waals surface area contributed by atoms with Crippen LogP contribution in [0.2, 0.25) is 0 Å². The lowest BCUT2D eigenvalue weighted by atomic mass is 9.89. The van der Waals surface area contributed by atoms with Crippen LogP contribution in [0.5, 0.6) is 0 Å². The number of aliphatic hydroxyl groups is 2. The van der Waals surface area contributed by atoms with Crippen LogP contribution in [-0.4, -0.2) is 39.7 Å². The number of hydrogen-bond acceptors (Lipinski definition) is 5. The molecule has 3 rings (SSSR count). The molecule has 0 bridgehead atoms. The number of rotatable bonds is 5. The van der Waals surface area contributed by atoms with E-state index >= 15 is 0 Å². The number of benzene rings is 2. The summed E-state index contributed by atoms with van der Waals surface area (Å²) in [6, 6.07) is 18.0. The lowest BCUT2D eigenvalue weighted by molar-refractivity contribution is -0.163. The van der Waals surface area contributed by atoms with Crippen molar-refractivity contribution in [3.8, 4) is 0 Å². The summed E-state index contributed by atoms with van der Waals surface area (Å²) >= 11 is 0. The van der Waals surface area contributed by atoms with E-state index in [4.69, 9.17) is 4.74 Å². The van der Waals surface area contributed by atoms with Crippen molar-refractivity contribution in [2.45, 2.75) is 44.2 Å². The standard InChI is InChI=1S/C21H25O5P/c1-14-18(19(26-20(14)23)21(3,24)15(2)22)27(25,16-10-6-4-7-11-16)17-12-8-5-9-13-17/h4-15,18-19,22,24H,1-3H3/t14-,15-,18-,19+,21+/m1/s1. The predicted octanol–water partition coefficient (Wildman–Crippen LogP) is 2.06. The van der Waals surface area contributed by atoms with E-state index in [-0.39, 0.29) is 0 Å². The first-order valence-electron chi connectivity index (χ1n) is 9.02. The van der Waals surface area contributed by atoms with Crippen molar-refractivity contribution >= 4 is 23.7 Å². The third-order valence-electron chi connectivity index (χ3n) is 5.56. The molecule has 144 valence electrons. The lowest BCUT2D eigenvalue weighted by Crippen LogP contribution is -2.54. The molecule has 5 atom stereocenters. The quantitative estimate of drug-likeness (QED) is 0.605. The third kappa shape index (κ3) is 3.25. The van der Waals surface area contributed by atoms with Crippen LogP contribution in [-0.2, 0) is 14.1 Å². The van der Waals surface area contributed by atoms with Gasteiger partial charge in [-0.15, -0.1) is 0 Å². The Hall–Kier alpha value is -1.94. The molecule has 2 aromatic carbocycles. The first-order chi connectivity index (χ1) is 12.7. The SMILES string of the molecule is C[C@H]1C(=O)O[C@H]([C@@](C)(O)[C@@H](C)O)[C@@H]1P(=O)(c1ccccc1)c1ccccc1. The largest absolute Gasteiger partial charge is 0.458 e. The van der Waals surface area contributed by atoms with Gasteiger partial charge in [0.2, 0.25) is 0 Å². The normalized spacial score (nSPS) is 26.3. The average molecular weight is 388 g/mol. The van der Waals surface area contributed by atoms with E-state index in [1.807, 2.05) is 12.1 Å². The second-order valence-electron chi connectivity index (χ2n) is 7.37. The molecule has 2 N–H and O–H groups in total. The molecule has 5 nitrogen and oxygen atoms in total. The van der Waals surface area contributed by atoms with Crippen molar-refractivity contribution < 1.29 is 24.3 Å². The summed E-state index contributed by atoms with van der Waals surface area (Å²) in [6.45, 7) is 4.52. The number of carbonyl (C=O) groups is 1. The van der Waals surface area contributed by atoms with Crippen molar-refractivity contribution in [3.63, 3.8) is 0 Å². The van der Waals surface area contributed by atoms with E-state index in [9.17, 15) is 19.6 Å². The van der Waals surface area contributed by atoms with Gasteiger partial charge in [-0.2, -0.15) is 0 Å². The maximum atomic E-state index is 14.6. The summed E-state index contributed by atoms with van der Waals surface area (Å²) in [5, 5.41) is 22.2. The van der Waals surface area contributed by atoms with Crippen LogP contribution >= 0.6 is 7.14 Å². The minimum Gasteiger partial charge on any atom is -0.458 e. The zero-order chi connectivity index (χ0) is 19.8. The van der Waals surface area contributed by atoms with E-state index < -0.39 is 42.5 Å². The summed E-state index contributed by atoms with van der Waals surface area (Å²) in [4.78, 5) is 12.4. The number of carbonyl (C=O) groups excluding carboxylic acids is 1. The van der Waals surface area contributed by atoms with Gasteiger partial charge in [-0.05, 0) is 13.8 Å². The second-order valence-corrected chi connectivity index (χ2v) is 10.3. The van der Waals surface area contributed by atoms with E-state index in [1.54, 1.807) is 55.5 Å². The fourth-order valence-corrected chi connectivity index (χ4v) is 7.42. The van der Waals surface area contributed by atoms with Gasteiger partial charge in [0.05, 0.1) is 17.7 Å². The molecule has 0 aromatic heterocycles. The first kappa shape index (κ1) is 19.8. The van der Waals surface area contributed by atoms with Gasteiger partial charge in [0.25, 0.3) is 0 Å². The van der Waals surface area contributed by atoms with Gasteiger partial charge in [-0.25, -0.2) is 0 Å². The Kier molecular flexibility index (Phi) is 5.31. The highest BCUT2D eigenvalue weighted by molar-refractivity contribution is 7.79. The molecule has 1 aliphatic rings. The van der Waals surface area contributed by atoms with Gasteiger partial charge in [0, 0.05) is 10.6 Å². The highest BCUT2D eigenvalue weighted by Gasteiger charge is 2.59. The molecule has 0 radical (unpaired) electrons. The van der Waals surface area contributed by atoms with E-state index in [0.717, 1.165) is 0 Å². The summed E-state index contributed by atoms with van der Waals surface area (Å²) in [7, 11) is -3.37. The van der Waals surface area contributed by atoms with E-state index in [1.165, 1.54) is 13.8 Å². The highest BCUT2D eigenvalue weighted by Crippen LogP contribution is 2.57. The smallest absolute Gasteiger partial charge is 0.309 e. The van der Waals surface area contributed by atoms with Crippen LogP contribution < -0.4 is 10.6 Å². The summed E-state index contributed by atoms with van der Waals surface area (Å²) < 4.78 is 20.1. The number of hydrogen-bond donors (Lipinski definition) is 2. The third-order valence-corrected chi connectivity index (χ3v) is 9.25.